The largest absolute Gasteiger partial charge is 0.320 e. The van der Waals surface area contributed by atoms with Crippen LogP contribution in [0.4, 0.5) is 10.1 Å². The number of carbonyl (C=O) groups excluding carboxylic acids is 1. The molecule has 1 saturated heterocycles. The van der Waals surface area contributed by atoms with Crippen LogP contribution in [-0.2, 0) is 16.4 Å². The maximum Gasteiger partial charge on any atom is 0.286 e. The number of nitrogens with one attached hydrogen (secondary N) is 1. The quantitative estimate of drug-likeness (QED) is 0.582. The van der Waals surface area contributed by atoms with Gasteiger partial charge in [-0.15, -0.1) is 10.2 Å². The molecule has 1 atom stereocenters. The molecule has 168 valence electrons. The number of aromatic nitrogens is 2. The van der Waals surface area contributed by atoms with Gasteiger partial charge in [-0.1, -0.05) is 36.5 Å². The number of anilines is 1. The summed E-state index contributed by atoms with van der Waals surface area (Å²) in [7, 11) is -3.61. The molecule has 32 heavy (non-hydrogen) atoms. The number of rotatable bonds is 6. The molecule has 10 heteroatoms. The summed E-state index contributed by atoms with van der Waals surface area (Å²) < 4.78 is 41.0. The summed E-state index contributed by atoms with van der Waals surface area (Å²) in [5.74, 6) is -1.06. The molecule has 1 fully saturated rings. The fourth-order valence-corrected chi connectivity index (χ4v) is 6.04. The van der Waals surface area contributed by atoms with Gasteiger partial charge in [0.1, 0.15) is 10.8 Å². The monoisotopic (exact) mass is 474 g/mol. The first-order valence-corrected chi connectivity index (χ1v) is 12.6. The Labute approximate surface area is 190 Å². The van der Waals surface area contributed by atoms with Crippen LogP contribution in [0.3, 0.4) is 0 Å². The van der Waals surface area contributed by atoms with Crippen LogP contribution in [0, 0.1) is 5.82 Å². The number of aryl methyl sites for hydroxylation is 1. The van der Waals surface area contributed by atoms with Gasteiger partial charge in [0.15, 0.2) is 0 Å². The Bertz CT molecular complexity index is 1210. The van der Waals surface area contributed by atoms with E-state index in [9.17, 15) is 17.6 Å². The van der Waals surface area contributed by atoms with Crippen LogP contribution in [0.1, 0.15) is 46.1 Å². The molecule has 1 aliphatic rings. The first-order chi connectivity index (χ1) is 15.4. The zero-order valence-electron chi connectivity index (χ0n) is 17.5. The molecule has 0 saturated carbocycles. The summed E-state index contributed by atoms with van der Waals surface area (Å²) in [6.45, 7) is 2.76. The standard InChI is InChI=1S/C22H23FN4O3S2/c1-2-15-8-10-19(11-9-15)32(29,30)27-12-4-5-16(14-27)21-25-26-22(31-21)20(28)24-18-7-3-6-17(23)13-18/h3,6-11,13,16H,2,4-5,12,14H2,1H3,(H,24,28). The van der Waals surface area contributed by atoms with E-state index in [2.05, 4.69) is 15.5 Å². The minimum absolute atomic E-state index is 0.137. The molecule has 2 heterocycles. The Morgan fingerprint density at radius 3 is 2.72 bits per heavy atom. The van der Waals surface area contributed by atoms with Gasteiger partial charge < -0.3 is 5.32 Å². The molecule has 0 radical (unpaired) electrons. The first kappa shape index (κ1) is 22.5. The summed E-state index contributed by atoms with van der Waals surface area (Å²) in [4.78, 5) is 12.7. The van der Waals surface area contributed by atoms with Gasteiger partial charge in [0.25, 0.3) is 5.91 Å². The molecule has 1 unspecified atom stereocenters. The summed E-state index contributed by atoms with van der Waals surface area (Å²) in [6.07, 6.45) is 2.31. The number of carbonyl (C=O) groups is 1. The maximum atomic E-state index is 13.3. The van der Waals surface area contributed by atoms with Crippen LogP contribution in [0.25, 0.3) is 0 Å². The maximum absolute atomic E-state index is 13.3. The smallest absolute Gasteiger partial charge is 0.286 e. The highest BCUT2D eigenvalue weighted by molar-refractivity contribution is 7.89. The van der Waals surface area contributed by atoms with Crippen molar-refractivity contribution in [3.63, 3.8) is 0 Å². The van der Waals surface area contributed by atoms with Gasteiger partial charge >= 0.3 is 0 Å². The Morgan fingerprint density at radius 2 is 2.00 bits per heavy atom. The zero-order valence-corrected chi connectivity index (χ0v) is 19.1. The first-order valence-electron chi connectivity index (χ1n) is 10.4. The molecule has 0 spiro atoms. The van der Waals surface area contributed by atoms with E-state index >= 15 is 0 Å². The Balaban J connectivity index is 1.46. The molecule has 1 amide bonds. The molecule has 1 aliphatic heterocycles. The lowest BCUT2D eigenvalue weighted by molar-refractivity contribution is 0.102. The van der Waals surface area contributed by atoms with E-state index in [-0.39, 0.29) is 22.4 Å². The van der Waals surface area contributed by atoms with Crippen molar-refractivity contribution in [2.24, 2.45) is 0 Å². The lowest BCUT2D eigenvalue weighted by atomic mass is 10.0. The van der Waals surface area contributed by atoms with Gasteiger partial charge in [-0.3, -0.25) is 4.79 Å². The van der Waals surface area contributed by atoms with Crippen LogP contribution in [0.5, 0.6) is 0 Å². The number of sulfonamides is 1. The third kappa shape index (κ3) is 4.87. The number of amides is 1. The Hall–Kier alpha value is -2.69. The zero-order chi connectivity index (χ0) is 22.7. The summed E-state index contributed by atoms with van der Waals surface area (Å²) in [5, 5.41) is 11.5. The fraction of sp³-hybridized carbons (Fsp3) is 0.318. The van der Waals surface area contributed by atoms with Crippen molar-refractivity contribution in [1.29, 1.82) is 0 Å². The number of benzene rings is 2. The number of halogens is 1. The second kappa shape index (κ2) is 9.43. The molecule has 2 aromatic carbocycles. The van der Waals surface area contributed by atoms with E-state index in [0.29, 0.717) is 23.7 Å². The van der Waals surface area contributed by atoms with Gasteiger partial charge in [-0.05, 0) is 55.2 Å². The van der Waals surface area contributed by atoms with Crippen molar-refractivity contribution in [1.82, 2.24) is 14.5 Å². The lowest BCUT2D eigenvalue weighted by Gasteiger charge is -2.30. The molecule has 4 rings (SSSR count). The summed E-state index contributed by atoms with van der Waals surface area (Å²) in [6, 6.07) is 12.6. The second-order valence-corrected chi connectivity index (χ2v) is 10.6. The highest BCUT2D eigenvalue weighted by Gasteiger charge is 2.32. The van der Waals surface area contributed by atoms with E-state index in [0.717, 1.165) is 29.7 Å². The van der Waals surface area contributed by atoms with Crippen LogP contribution >= 0.6 is 11.3 Å². The molecular weight excluding hydrogens is 451 g/mol. The van der Waals surface area contributed by atoms with Crippen molar-refractivity contribution >= 4 is 33.0 Å². The SMILES string of the molecule is CCc1ccc(S(=O)(=O)N2CCCC(c3nnc(C(=O)Nc4cccc(F)c4)s3)C2)cc1. The average Bonchev–Trinajstić information content (AvgIpc) is 3.30. The van der Waals surface area contributed by atoms with Gasteiger partial charge in [-0.2, -0.15) is 4.31 Å². The van der Waals surface area contributed by atoms with E-state index in [1.807, 2.05) is 19.1 Å². The van der Waals surface area contributed by atoms with Crippen molar-refractivity contribution in [3.8, 4) is 0 Å². The third-order valence-electron chi connectivity index (χ3n) is 5.42. The normalized spacial score (nSPS) is 17.2. The number of nitrogens with zero attached hydrogens (tertiary/aromatic N) is 3. The highest BCUT2D eigenvalue weighted by Crippen LogP contribution is 2.32. The minimum Gasteiger partial charge on any atom is -0.320 e. The van der Waals surface area contributed by atoms with Gasteiger partial charge in [-0.25, -0.2) is 12.8 Å². The summed E-state index contributed by atoms with van der Waals surface area (Å²) >= 11 is 1.13. The molecule has 0 bridgehead atoms. The third-order valence-corrected chi connectivity index (χ3v) is 8.38. The molecule has 0 aliphatic carbocycles. The molecule has 7 nitrogen and oxygen atoms in total. The van der Waals surface area contributed by atoms with Gasteiger partial charge in [0.2, 0.25) is 15.0 Å². The van der Waals surface area contributed by atoms with Crippen LogP contribution in [0.15, 0.2) is 53.4 Å². The lowest BCUT2D eigenvalue weighted by Crippen LogP contribution is -2.39. The van der Waals surface area contributed by atoms with Gasteiger partial charge in [0, 0.05) is 24.7 Å². The van der Waals surface area contributed by atoms with Crippen molar-refractivity contribution in [3.05, 3.63) is 69.9 Å². The van der Waals surface area contributed by atoms with Crippen LogP contribution < -0.4 is 5.32 Å². The Kier molecular flexibility index (Phi) is 6.63. The predicted molar refractivity (Wildman–Crippen MR) is 121 cm³/mol. The molecular formula is C22H23FN4O3S2. The highest BCUT2D eigenvalue weighted by atomic mass is 32.2. The Morgan fingerprint density at radius 1 is 1.22 bits per heavy atom. The fourth-order valence-electron chi connectivity index (χ4n) is 3.65. The summed E-state index contributed by atoms with van der Waals surface area (Å²) in [5.41, 5.74) is 1.41. The second-order valence-electron chi connectivity index (χ2n) is 7.61. The van der Waals surface area contributed by atoms with E-state index in [4.69, 9.17) is 0 Å². The number of hydrogen-bond acceptors (Lipinski definition) is 6. The van der Waals surface area contributed by atoms with Crippen molar-refractivity contribution in [2.75, 3.05) is 18.4 Å². The topological polar surface area (TPSA) is 92.3 Å². The van der Waals surface area contributed by atoms with Crippen molar-refractivity contribution < 1.29 is 17.6 Å². The number of hydrogen-bond donors (Lipinski definition) is 1. The molecule has 1 aromatic heterocycles. The molecule has 3 aromatic rings. The minimum atomic E-state index is -3.61. The molecule has 1 N–H and O–H groups in total. The predicted octanol–water partition coefficient (Wildman–Crippen LogP) is 4.06. The average molecular weight is 475 g/mol. The van der Waals surface area contributed by atoms with Crippen LogP contribution in [-0.4, -0.2) is 41.9 Å². The van der Waals surface area contributed by atoms with Crippen LogP contribution in [0.2, 0.25) is 0 Å². The number of piperidine rings is 1. The van der Waals surface area contributed by atoms with E-state index in [1.165, 1.54) is 22.5 Å². The van der Waals surface area contributed by atoms with Crippen molar-refractivity contribution in [2.45, 2.75) is 37.0 Å². The van der Waals surface area contributed by atoms with E-state index < -0.39 is 21.7 Å². The van der Waals surface area contributed by atoms with E-state index in [1.54, 1.807) is 18.2 Å². The van der Waals surface area contributed by atoms with Gasteiger partial charge in [0.05, 0.1) is 4.90 Å².